The summed E-state index contributed by atoms with van der Waals surface area (Å²) >= 11 is 0. The molecule has 2 unspecified atom stereocenters. The molecular formula is C13H23NO. The van der Waals surface area contributed by atoms with Gasteiger partial charge in [-0.2, -0.15) is 0 Å². The highest BCUT2D eigenvalue weighted by atomic mass is 16.1. The van der Waals surface area contributed by atoms with E-state index in [1.165, 1.54) is 32.1 Å². The molecule has 86 valence electrons. The lowest BCUT2D eigenvalue weighted by Crippen LogP contribution is -2.43. The molecule has 0 amide bonds. The summed E-state index contributed by atoms with van der Waals surface area (Å²) in [6, 6.07) is 0.969. The molecule has 2 nitrogen and oxygen atoms in total. The fraction of sp³-hybridized carbons (Fsp3) is 0.923. The second-order valence-electron chi connectivity index (χ2n) is 5.02. The monoisotopic (exact) mass is 209 g/mol. The molecule has 1 saturated heterocycles. The predicted molar refractivity (Wildman–Crippen MR) is 61.9 cm³/mol. The Labute approximate surface area is 93.0 Å². The van der Waals surface area contributed by atoms with E-state index in [0.717, 1.165) is 25.8 Å². The molecule has 2 atom stereocenters. The van der Waals surface area contributed by atoms with Crippen LogP contribution >= 0.6 is 0 Å². The summed E-state index contributed by atoms with van der Waals surface area (Å²) in [4.78, 5) is 14.5. The van der Waals surface area contributed by atoms with E-state index in [9.17, 15) is 4.79 Å². The van der Waals surface area contributed by atoms with Crippen molar-refractivity contribution in [2.45, 2.75) is 70.4 Å². The van der Waals surface area contributed by atoms with Crippen LogP contribution in [0.15, 0.2) is 0 Å². The zero-order valence-electron chi connectivity index (χ0n) is 9.87. The lowest BCUT2D eigenvalue weighted by atomic mass is 10.0. The molecule has 0 spiro atoms. The number of carbonyl (C=O) groups excluding carboxylic acids is 1. The maximum atomic E-state index is 12.0. The van der Waals surface area contributed by atoms with Crippen molar-refractivity contribution < 1.29 is 4.79 Å². The van der Waals surface area contributed by atoms with Gasteiger partial charge in [-0.3, -0.25) is 9.69 Å². The number of rotatable bonds is 2. The SMILES string of the molecule is CCC1CCCN1C1CCCCCC1=O. The highest BCUT2D eigenvalue weighted by Gasteiger charge is 2.33. The van der Waals surface area contributed by atoms with E-state index < -0.39 is 0 Å². The molecule has 0 radical (unpaired) electrons. The Hall–Kier alpha value is -0.370. The summed E-state index contributed by atoms with van der Waals surface area (Å²) < 4.78 is 0. The van der Waals surface area contributed by atoms with Crippen LogP contribution in [-0.2, 0) is 4.79 Å². The minimum absolute atomic E-state index is 0.278. The van der Waals surface area contributed by atoms with Crippen LogP contribution < -0.4 is 0 Å². The standard InChI is InChI=1S/C13H23NO/c1-2-11-7-6-10-14(11)12-8-4-3-5-9-13(12)15/h11-12H,2-10H2,1H3. The van der Waals surface area contributed by atoms with E-state index in [0.29, 0.717) is 11.8 Å². The number of nitrogens with zero attached hydrogens (tertiary/aromatic N) is 1. The first-order valence-electron chi connectivity index (χ1n) is 6.61. The zero-order chi connectivity index (χ0) is 10.7. The molecule has 1 aliphatic heterocycles. The Morgan fingerprint density at radius 1 is 1.20 bits per heavy atom. The van der Waals surface area contributed by atoms with E-state index in [-0.39, 0.29) is 6.04 Å². The van der Waals surface area contributed by atoms with Crippen molar-refractivity contribution in [2.24, 2.45) is 0 Å². The van der Waals surface area contributed by atoms with Crippen LogP contribution in [0.3, 0.4) is 0 Å². The molecule has 15 heavy (non-hydrogen) atoms. The highest BCUT2D eigenvalue weighted by Crippen LogP contribution is 2.28. The second-order valence-corrected chi connectivity index (χ2v) is 5.02. The van der Waals surface area contributed by atoms with Crippen LogP contribution in [0, 0.1) is 0 Å². The molecule has 0 bridgehead atoms. The lowest BCUT2D eigenvalue weighted by Gasteiger charge is -2.30. The van der Waals surface area contributed by atoms with Crippen LogP contribution in [0.1, 0.15) is 58.3 Å². The molecule has 0 aromatic rings. The number of carbonyl (C=O) groups is 1. The molecule has 1 aliphatic carbocycles. The largest absolute Gasteiger partial charge is 0.298 e. The Balaban J connectivity index is 2.03. The van der Waals surface area contributed by atoms with Crippen molar-refractivity contribution in [3.63, 3.8) is 0 Å². The molecule has 2 heteroatoms. The molecule has 2 fully saturated rings. The van der Waals surface area contributed by atoms with Crippen molar-refractivity contribution in [3.05, 3.63) is 0 Å². The van der Waals surface area contributed by atoms with Crippen molar-refractivity contribution in [3.8, 4) is 0 Å². The first-order valence-corrected chi connectivity index (χ1v) is 6.61. The summed E-state index contributed by atoms with van der Waals surface area (Å²) in [6.45, 7) is 3.42. The fourth-order valence-corrected chi connectivity index (χ4v) is 3.20. The maximum Gasteiger partial charge on any atom is 0.149 e. The number of likely N-dealkylation sites (tertiary alicyclic amines) is 1. The molecule has 1 saturated carbocycles. The van der Waals surface area contributed by atoms with Gasteiger partial charge in [0.15, 0.2) is 0 Å². The summed E-state index contributed by atoms with van der Waals surface area (Å²) in [6.07, 6.45) is 9.40. The topological polar surface area (TPSA) is 20.3 Å². The van der Waals surface area contributed by atoms with Gasteiger partial charge in [0.1, 0.15) is 5.78 Å². The quantitative estimate of drug-likeness (QED) is 0.652. The third-order valence-corrected chi connectivity index (χ3v) is 4.07. The molecule has 2 aliphatic rings. The summed E-state index contributed by atoms with van der Waals surface area (Å²) in [7, 11) is 0. The maximum absolute atomic E-state index is 12.0. The van der Waals surface area contributed by atoms with Gasteiger partial charge in [0.25, 0.3) is 0 Å². The molecule has 2 rings (SSSR count). The molecule has 1 heterocycles. The van der Waals surface area contributed by atoms with Gasteiger partial charge in [0, 0.05) is 12.5 Å². The van der Waals surface area contributed by atoms with Gasteiger partial charge < -0.3 is 0 Å². The Bertz CT molecular complexity index is 227. The smallest absolute Gasteiger partial charge is 0.149 e. The van der Waals surface area contributed by atoms with E-state index in [2.05, 4.69) is 11.8 Å². The number of ketones is 1. The molecule has 0 aromatic heterocycles. The van der Waals surface area contributed by atoms with Crippen molar-refractivity contribution >= 4 is 5.78 Å². The third-order valence-electron chi connectivity index (χ3n) is 4.07. The van der Waals surface area contributed by atoms with Crippen LogP contribution in [0.25, 0.3) is 0 Å². The van der Waals surface area contributed by atoms with E-state index in [1.54, 1.807) is 0 Å². The molecular weight excluding hydrogens is 186 g/mol. The van der Waals surface area contributed by atoms with Gasteiger partial charge in [-0.25, -0.2) is 0 Å². The highest BCUT2D eigenvalue weighted by molar-refractivity contribution is 5.84. The number of hydrogen-bond donors (Lipinski definition) is 0. The van der Waals surface area contributed by atoms with Gasteiger partial charge in [-0.1, -0.05) is 19.8 Å². The summed E-state index contributed by atoms with van der Waals surface area (Å²) in [5.74, 6) is 0.521. The van der Waals surface area contributed by atoms with E-state index in [4.69, 9.17) is 0 Å². The fourth-order valence-electron chi connectivity index (χ4n) is 3.20. The van der Waals surface area contributed by atoms with Gasteiger partial charge in [-0.05, 0) is 38.6 Å². The summed E-state index contributed by atoms with van der Waals surface area (Å²) in [5, 5.41) is 0. The average molecular weight is 209 g/mol. The average Bonchev–Trinajstić information content (AvgIpc) is 2.61. The first kappa shape index (κ1) is 11.1. The van der Waals surface area contributed by atoms with E-state index >= 15 is 0 Å². The summed E-state index contributed by atoms with van der Waals surface area (Å²) in [5.41, 5.74) is 0. The van der Waals surface area contributed by atoms with Crippen molar-refractivity contribution in [1.29, 1.82) is 0 Å². The minimum Gasteiger partial charge on any atom is -0.298 e. The van der Waals surface area contributed by atoms with Crippen LogP contribution in [0.4, 0.5) is 0 Å². The van der Waals surface area contributed by atoms with Crippen molar-refractivity contribution in [2.75, 3.05) is 6.54 Å². The predicted octanol–water partition coefficient (Wildman–Crippen LogP) is 2.76. The first-order chi connectivity index (χ1) is 7.33. The van der Waals surface area contributed by atoms with Gasteiger partial charge in [-0.15, -0.1) is 0 Å². The third kappa shape index (κ3) is 2.41. The van der Waals surface area contributed by atoms with Gasteiger partial charge in [0.05, 0.1) is 6.04 Å². The van der Waals surface area contributed by atoms with E-state index in [1.807, 2.05) is 0 Å². The number of Topliss-reactive ketones (excluding diaryl/α,β-unsaturated/α-hetero) is 1. The zero-order valence-corrected chi connectivity index (χ0v) is 9.87. The van der Waals surface area contributed by atoms with Crippen LogP contribution in [0.5, 0.6) is 0 Å². The Morgan fingerprint density at radius 3 is 2.87 bits per heavy atom. The molecule has 0 N–H and O–H groups in total. The van der Waals surface area contributed by atoms with Gasteiger partial charge >= 0.3 is 0 Å². The Kier molecular flexibility index (Phi) is 3.79. The Morgan fingerprint density at radius 2 is 2.07 bits per heavy atom. The normalized spacial score (nSPS) is 34.3. The van der Waals surface area contributed by atoms with Crippen LogP contribution in [0.2, 0.25) is 0 Å². The van der Waals surface area contributed by atoms with Crippen molar-refractivity contribution in [1.82, 2.24) is 4.90 Å². The van der Waals surface area contributed by atoms with Crippen LogP contribution in [-0.4, -0.2) is 29.3 Å². The second kappa shape index (κ2) is 5.11. The minimum atomic E-state index is 0.278. The lowest BCUT2D eigenvalue weighted by molar-refractivity contribution is -0.124. The number of hydrogen-bond acceptors (Lipinski definition) is 2. The molecule has 0 aromatic carbocycles. The van der Waals surface area contributed by atoms with Gasteiger partial charge in [0.2, 0.25) is 0 Å².